The first-order valence-electron chi connectivity index (χ1n) is 9.79. The highest BCUT2D eigenvalue weighted by Gasteiger charge is 2.16. The van der Waals surface area contributed by atoms with Crippen molar-refractivity contribution in [3.63, 3.8) is 0 Å². The maximum absolute atomic E-state index is 14.6. The number of fused-ring (bicyclic) bond motifs is 1. The lowest BCUT2D eigenvalue weighted by molar-refractivity contribution is 0.629. The number of hydrogen-bond acceptors (Lipinski definition) is 3. The summed E-state index contributed by atoms with van der Waals surface area (Å²) in [4.78, 5) is 5.48. The van der Waals surface area contributed by atoms with Gasteiger partial charge in [-0.15, -0.1) is 11.3 Å². The van der Waals surface area contributed by atoms with Gasteiger partial charge in [-0.25, -0.2) is 9.07 Å². The fourth-order valence-corrected chi connectivity index (χ4v) is 4.30. The van der Waals surface area contributed by atoms with Crippen LogP contribution in [0.4, 0.5) is 4.39 Å². The Hall–Kier alpha value is -2.92. The van der Waals surface area contributed by atoms with Crippen LogP contribution in [0.5, 0.6) is 0 Å². The van der Waals surface area contributed by atoms with E-state index in [1.165, 1.54) is 28.5 Å². The van der Waals surface area contributed by atoms with Gasteiger partial charge < -0.3 is 0 Å². The summed E-state index contributed by atoms with van der Waals surface area (Å²) in [5.41, 5.74) is 9.38. The Morgan fingerprint density at radius 3 is 2.72 bits per heavy atom. The third-order valence-electron chi connectivity index (χ3n) is 4.88. The number of rotatable bonds is 5. The standard InChI is InChI=1S/C24H24FN3S/c1-17(2)15-26-24-28(23(16-29-24)20-12-6-7-13-21(20)25)27-22-14-8-4-10-18-9-3-5-11-19(18)22/h3,5-7,9,11-14,16,27H,1,4,8,10,15H2,2H3. The quantitative estimate of drug-likeness (QED) is 0.538. The van der Waals surface area contributed by atoms with Crippen LogP contribution in [0.15, 0.2) is 77.1 Å². The Balaban J connectivity index is 1.83. The topological polar surface area (TPSA) is 29.3 Å². The Bertz CT molecular complexity index is 1140. The molecule has 5 heteroatoms. The third kappa shape index (κ3) is 4.25. The van der Waals surface area contributed by atoms with Crippen molar-refractivity contribution in [2.45, 2.75) is 26.2 Å². The summed E-state index contributed by atoms with van der Waals surface area (Å²) >= 11 is 1.50. The molecule has 148 valence electrons. The zero-order valence-corrected chi connectivity index (χ0v) is 17.3. The SMILES string of the molecule is C=C(C)CN=c1scc(-c2ccccc2F)n1NC1=CCCCc2ccccc21. The van der Waals surface area contributed by atoms with Gasteiger partial charge in [0.15, 0.2) is 0 Å². The van der Waals surface area contributed by atoms with E-state index in [0.717, 1.165) is 41.0 Å². The summed E-state index contributed by atoms with van der Waals surface area (Å²) in [6.45, 7) is 6.44. The van der Waals surface area contributed by atoms with E-state index in [9.17, 15) is 4.39 Å². The van der Waals surface area contributed by atoms with Crippen LogP contribution in [0.1, 0.15) is 30.9 Å². The van der Waals surface area contributed by atoms with Gasteiger partial charge in [0.1, 0.15) is 5.82 Å². The average molecular weight is 406 g/mol. The van der Waals surface area contributed by atoms with Gasteiger partial charge in [0.2, 0.25) is 4.80 Å². The molecule has 0 saturated heterocycles. The number of benzene rings is 2. The number of aromatic nitrogens is 1. The van der Waals surface area contributed by atoms with Gasteiger partial charge in [-0.1, -0.05) is 54.6 Å². The summed E-state index contributed by atoms with van der Waals surface area (Å²) in [6.07, 6.45) is 5.39. The van der Waals surface area contributed by atoms with Crippen LogP contribution < -0.4 is 10.2 Å². The Morgan fingerprint density at radius 2 is 1.93 bits per heavy atom. The molecule has 0 unspecified atom stereocenters. The van der Waals surface area contributed by atoms with E-state index in [-0.39, 0.29) is 5.82 Å². The lowest BCUT2D eigenvalue weighted by atomic mass is 10.0. The molecule has 4 rings (SSSR count). The zero-order valence-electron chi connectivity index (χ0n) is 16.5. The van der Waals surface area contributed by atoms with Gasteiger partial charge in [0.05, 0.1) is 17.9 Å². The number of thiazole rings is 1. The van der Waals surface area contributed by atoms with Crippen LogP contribution in [0, 0.1) is 5.82 Å². The third-order valence-corrected chi connectivity index (χ3v) is 5.74. The predicted molar refractivity (Wildman–Crippen MR) is 120 cm³/mol. The highest BCUT2D eigenvalue weighted by Crippen LogP contribution is 2.27. The van der Waals surface area contributed by atoms with Gasteiger partial charge in [-0.3, -0.25) is 10.4 Å². The Morgan fingerprint density at radius 1 is 1.17 bits per heavy atom. The molecule has 0 saturated carbocycles. The molecule has 1 heterocycles. The molecule has 0 bridgehead atoms. The van der Waals surface area contributed by atoms with Gasteiger partial charge in [-0.05, 0) is 43.9 Å². The maximum Gasteiger partial charge on any atom is 0.204 e. The number of allylic oxidation sites excluding steroid dienone is 1. The van der Waals surface area contributed by atoms with Crippen molar-refractivity contribution in [1.82, 2.24) is 4.68 Å². The van der Waals surface area contributed by atoms with Crippen LogP contribution >= 0.6 is 11.3 Å². The van der Waals surface area contributed by atoms with Crippen LogP contribution in [-0.4, -0.2) is 11.2 Å². The number of hydrogen-bond donors (Lipinski definition) is 1. The molecule has 1 aliphatic rings. The molecule has 2 aromatic carbocycles. The molecular weight excluding hydrogens is 381 g/mol. The van der Waals surface area contributed by atoms with E-state index in [0.29, 0.717) is 12.1 Å². The summed E-state index contributed by atoms with van der Waals surface area (Å²) in [5.74, 6) is -0.248. The molecule has 1 aliphatic carbocycles. The molecule has 1 N–H and O–H groups in total. The molecule has 0 spiro atoms. The summed E-state index contributed by atoms with van der Waals surface area (Å²) < 4.78 is 16.5. The van der Waals surface area contributed by atoms with Crippen molar-refractivity contribution < 1.29 is 4.39 Å². The molecule has 29 heavy (non-hydrogen) atoms. The van der Waals surface area contributed by atoms with Gasteiger partial charge in [-0.2, -0.15) is 0 Å². The molecule has 0 atom stereocenters. The van der Waals surface area contributed by atoms with E-state index in [1.54, 1.807) is 12.1 Å². The zero-order chi connectivity index (χ0) is 20.2. The lowest BCUT2D eigenvalue weighted by Gasteiger charge is -2.17. The first kappa shape index (κ1) is 19.4. The van der Waals surface area contributed by atoms with Crippen molar-refractivity contribution in [2.75, 3.05) is 12.0 Å². The molecule has 3 nitrogen and oxygen atoms in total. The Labute approximate surface area is 174 Å². The van der Waals surface area contributed by atoms with Gasteiger partial charge in [0, 0.05) is 16.5 Å². The number of halogens is 1. The monoisotopic (exact) mass is 405 g/mol. The number of aryl methyl sites for hydroxylation is 1. The Kier molecular flexibility index (Phi) is 5.76. The van der Waals surface area contributed by atoms with E-state index in [1.807, 2.05) is 23.0 Å². The van der Waals surface area contributed by atoms with E-state index in [4.69, 9.17) is 4.99 Å². The fourth-order valence-electron chi connectivity index (χ4n) is 3.46. The highest BCUT2D eigenvalue weighted by atomic mass is 32.1. The minimum atomic E-state index is -0.248. The van der Waals surface area contributed by atoms with E-state index in [2.05, 4.69) is 42.3 Å². The minimum absolute atomic E-state index is 0.248. The maximum atomic E-state index is 14.6. The predicted octanol–water partition coefficient (Wildman–Crippen LogP) is 5.75. The molecule has 3 aromatic rings. The van der Waals surface area contributed by atoms with Crippen molar-refractivity contribution >= 4 is 17.0 Å². The summed E-state index contributed by atoms with van der Waals surface area (Å²) in [6, 6.07) is 15.3. The van der Waals surface area contributed by atoms with E-state index < -0.39 is 0 Å². The second-order valence-corrected chi connectivity index (χ2v) is 8.11. The second kappa shape index (κ2) is 8.62. The average Bonchev–Trinajstić information content (AvgIpc) is 2.99. The fraction of sp³-hybridized carbons (Fsp3) is 0.208. The van der Waals surface area contributed by atoms with Crippen molar-refractivity contribution in [1.29, 1.82) is 0 Å². The van der Waals surface area contributed by atoms with Crippen molar-refractivity contribution in [3.8, 4) is 11.3 Å². The molecule has 1 aromatic heterocycles. The first-order valence-corrected chi connectivity index (χ1v) is 10.7. The summed E-state index contributed by atoms with van der Waals surface area (Å²) in [5, 5.41) is 1.95. The van der Waals surface area contributed by atoms with E-state index >= 15 is 0 Å². The lowest BCUT2D eigenvalue weighted by Crippen LogP contribution is -2.26. The van der Waals surface area contributed by atoms with Crippen LogP contribution in [0.3, 0.4) is 0 Å². The van der Waals surface area contributed by atoms with Gasteiger partial charge in [0.25, 0.3) is 0 Å². The second-order valence-electron chi connectivity index (χ2n) is 7.27. The molecule has 0 amide bonds. The first-order chi connectivity index (χ1) is 14.1. The minimum Gasteiger partial charge on any atom is -0.291 e. The molecule has 0 aliphatic heterocycles. The van der Waals surface area contributed by atoms with Crippen molar-refractivity contribution in [3.05, 3.63) is 93.9 Å². The summed E-state index contributed by atoms with van der Waals surface area (Å²) in [7, 11) is 0. The smallest absolute Gasteiger partial charge is 0.204 e. The molecular formula is C24H24FN3S. The number of nitrogens with zero attached hydrogens (tertiary/aromatic N) is 2. The molecule has 0 radical (unpaired) electrons. The van der Waals surface area contributed by atoms with Crippen LogP contribution in [-0.2, 0) is 6.42 Å². The van der Waals surface area contributed by atoms with Crippen LogP contribution in [0.25, 0.3) is 17.0 Å². The van der Waals surface area contributed by atoms with Crippen molar-refractivity contribution in [2.24, 2.45) is 4.99 Å². The normalized spacial score (nSPS) is 14.1. The van der Waals surface area contributed by atoms with Gasteiger partial charge >= 0.3 is 0 Å². The van der Waals surface area contributed by atoms with Crippen LogP contribution in [0.2, 0.25) is 0 Å². The highest BCUT2D eigenvalue weighted by molar-refractivity contribution is 7.07. The number of nitrogens with one attached hydrogen (secondary N) is 1. The molecule has 0 fully saturated rings. The largest absolute Gasteiger partial charge is 0.291 e.